The molecule has 1 aromatic carbocycles. The SMILES string of the molecule is COc1c(C)c(O)c(OC)c2c1COC2=O. The van der Waals surface area contributed by atoms with Crippen LogP contribution in [0.15, 0.2) is 0 Å². The monoisotopic (exact) mass is 224 g/mol. The van der Waals surface area contributed by atoms with Crippen molar-refractivity contribution in [3.8, 4) is 17.2 Å². The highest BCUT2D eigenvalue weighted by atomic mass is 16.5. The van der Waals surface area contributed by atoms with Crippen LogP contribution in [0.4, 0.5) is 0 Å². The number of ether oxygens (including phenoxy) is 3. The van der Waals surface area contributed by atoms with Crippen molar-refractivity contribution in [2.75, 3.05) is 14.2 Å². The number of fused-ring (bicyclic) bond motifs is 1. The summed E-state index contributed by atoms with van der Waals surface area (Å²) in [5.41, 5.74) is 1.42. The van der Waals surface area contributed by atoms with E-state index in [1.54, 1.807) is 6.92 Å². The van der Waals surface area contributed by atoms with Gasteiger partial charge in [-0.25, -0.2) is 4.79 Å². The fourth-order valence-corrected chi connectivity index (χ4v) is 1.91. The Labute approximate surface area is 92.5 Å². The van der Waals surface area contributed by atoms with E-state index in [0.717, 1.165) is 0 Å². The molecule has 0 aliphatic carbocycles. The van der Waals surface area contributed by atoms with Gasteiger partial charge in [0.2, 0.25) is 0 Å². The number of carbonyl (C=O) groups excluding carboxylic acids is 1. The Morgan fingerprint density at radius 3 is 2.44 bits per heavy atom. The maximum absolute atomic E-state index is 11.5. The molecule has 1 aliphatic rings. The second-order valence-electron chi connectivity index (χ2n) is 3.47. The number of phenolic OH excluding ortho intramolecular Hbond substituents is 1. The molecule has 0 radical (unpaired) electrons. The number of phenols is 1. The third kappa shape index (κ3) is 1.21. The quantitative estimate of drug-likeness (QED) is 0.769. The lowest BCUT2D eigenvalue weighted by molar-refractivity contribution is 0.0531. The lowest BCUT2D eigenvalue weighted by Crippen LogP contribution is -2.02. The Morgan fingerprint density at radius 2 is 1.88 bits per heavy atom. The van der Waals surface area contributed by atoms with Gasteiger partial charge in [0.05, 0.1) is 19.8 Å². The molecular formula is C11H12O5. The van der Waals surface area contributed by atoms with Gasteiger partial charge in [-0.2, -0.15) is 0 Å². The van der Waals surface area contributed by atoms with E-state index in [4.69, 9.17) is 14.2 Å². The molecular weight excluding hydrogens is 212 g/mol. The van der Waals surface area contributed by atoms with E-state index in [0.29, 0.717) is 16.9 Å². The minimum atomic E-state index is -0.500. The van der Waals surface area contributed by atoms with E-state index in [2.05, 4.69) is 0 Å². The maximum Gasteiger partial charge on any atom is 0.342 e. The van der Waals surface area contributed by atoms with Gasteiger partial charge >= 0.3 is 5.97 Å². The summed E-state index contributed by atoms with van der Waals surface area (Å²) in [6, 6.07) is 0. The van der Waals surface area contributed by atoms with Gasteiger partial charge in [-0.15, -0.1) is 0 Å². The number of esters is 1. The van der Waals surface area contributed by atoms with Gasteiger partial charge in [0.1, 0.15) is 17.9 Å². The van der Waals surface area contributed by atoms with Crippen molar-refractivity contribution in [2.45, 2.75) is 13.5 Å². The minimum Gasteiger partial charge on any atom is -0.504 e. The van der Waals surface area contributed by atoms with Gasteiger partial charge < -0.3 is 19.3 Å². The highest BCUT2D eigenvalue weighted by Crippen LogP contribution is 2.45. The van der Waals surface area contributed by atoms with Crippen LogP contribution in [0.25, 0.3) is 0 Å². The smallest absolute Gasteiger partial charge is 0.342 e. The normalized spacial score (nSPS) is 13.3. The van der Waals surface area contributed by atoms with Crippen molar-refractivity contribution < 1.29 is 24.1 Å². The number of hydrogen-bond donors (Lipinski definition) is 1. The first-order valence-corrected chi connectivity index (χ1v) is 4.75. The summed E-state index contributed by atoms with van der Waals surface area (Å²) in [5, 5.41) is 9.88. The Morgan fingerprint density at radius 1 is 1.25 bits per heavy atom. The highest BCUT2D eigenvalue weighted by molar-refractivity contribution is 5.98. The molecule has 16 heavy (non-hydrogen) atoms. The number of benzene rings is 1. The van der Waals surface area contributed by atoms with E-state index in [1.807, 2.05) is 0 Å². The molecule has 0 spiro atoms. The van der Waals surface area contributed by atoms with E-state index in [9.17, 15) is 9.90 Å². The third-order valence-corrected chi connectivity index (χ3v) is 2.67. The molecule has 1 aromatic rings. The van der Waals surface area contributed by atoms with Crippen LogP contribution in [-0.4, -0.2) is 25.3 Å². The molecule has 5 nitrogen and oxygen atoms in total. The predicted molar refractivity (Wildman–Crippen MR) is 55.1 cm³/mol. The van der Waals surface area contributed by atoms with Crippen molar-refractivity contribution in [3.63, 3.8) is 0 Å². The third-order valence-electron chi connectivity index (χ3n) is 2.67. The summed E-state index contributed by atoms with van der Waals surface area (Å²) in [4.78, 5) is 11.5. The van der Waals surface area contributed by atoms with Gasteiger partial charge in [0, 0.05) is 5.56 Å². The molecule has 86 valence electrons. The van der Waals surface area contributed by atoms with Gasteiger partial charge in [-0.05, 0) is 6.92 Å². The predicted octanol–water partition coefficient (Wildman–Crippen LogP) is 1.39. The molecule has 0 saturated heterocycles. The van der Waals surface area contributed by atoms with E-state index >= 15 is 0 Å². The number of aromatic hydroxyl groups is 1. The van der Waals surface area contributed by atoms with Crippen LogP contribution < -0.4 is 9.47 Å². The second kappa shape index (κ2) is 3.59. The molecule has 0 unspecified atom stereocenters. The van der Waals surface area contributed by atoms with Crippen LogP contribution in [0.5, 0.6) is 17.2 Å². The summed E-state index contributed by atoms with van der Waals surface area (Å²) in [6.07, 6.45) is 0. The van der Waals surface area contributed by atoms with Crippen LogP contribution in [0.2, 0.25) is 0 Å². The Balaban J connectivity index is 2.81. The summed E-state index contributed by atoms with van der Waals surface area (Å²) < 4.78 is 15.1. The van der Waals surface area contributed by atoms with Crippen molar-refractivity contribution in [3.05, 3.63) is 16.7 Å². The number of hydrogen-bond acceptors (Lipinski definition) is 5. The van der Waals surface area contributed by atoms with E-state index in [1.165, 1.54) is 14.2 Å². The van der Waals surface area contributed by atoms with Crippen molar-refractivity contribution >= 4 is 5.97 Å². The molecule has 0 amide bonds. The van der Waals surface area contributed by atoms with Crippen LogP contribution in [0.3, 0.4) is 0 Å². The number of rotatable bonds is 2. The number of methoxy groups -OCH3 is 2. The topological polar surface area (TPSA) is 65.0 Å². The minimum absolute atomic E-state index is 0.0862. The van der Waals surface area contributed by atoms with Crippen LogP contribution in [0.1, 0.15) is 21.5 Å². The molecule has 0 saturated carbocycles. The molecule has 1 N–H and O–H groups in total. The fourth-order valence-electron chi connectivity index (χ4n) is 1.91. The van der Waals surface area contributed by atoms with Gasteiger partial charge in [0.25, 0.3) is 0 Å². The average Bonchev–Trinajstić information content (AvgIpc) is 2.63. The molecule has 0 bridgehead atoms. The van der Waals surface area contributed by atoms with Crippen LogP contribution in [-0.2, 0) is 11.3 Å². The summed E-state index contributed by atoms with van der Waals surface area (Å²) in [5.74, 6) is 0.0346. The summed E-state index contributed by atoms with van der Waals surface area (Å²) in [7, 11) is 2.88. The largest absolute Gasteiger partial charge is 0.504 e. The first-order chi connectivity index (χ1) is 7.61. The molecule has 2 rings (SSSR count). The molecule has 0 aromatic heterocycles. The first kappa shape index (κ1) is 10.6. The zero-order chi connectivity index (χ0) is 11.9. The standard InChI is InChI=1S/C11H12O5/c1-5-8(12)10(15-3)7-6(9(5)14-2)4-16-11(7)13/h12H,4H2,1-3H3. The Kier molecular flexibility index (Phi) is 2.38. The van der Waals surface area contributed by atoms with Crippen molar-refractivity contribution in [2.24, 2.45) is 0 Å². The van der Waals surface area contributed by atoms with Gasteiger partial charge in [0.15, 0.2) is 11.5 Å². The van der Waals surface area contributed by atoms with Crippen LogP contribution in [0, 0.1) is 6.92 Å². The second-order valence-corrected chi connectivity index (χ2v) is 3.47. The number of cyclic esters (lactones) is 1. The zero-order valence-corrected chi connectivity index (χ0v) is 9.29. The summed E-state index contributed by atoms with van der Waals surface area (Å²) in [6.45, 7) is 1.84. The van der Waals surface area contributed by atoms with Crippen LogP contribution >= 0.6 is 0 Å². The maximum atomic E-state index is 11.5. The van der Waals surface area contributed by atoms with Gasteiger partial charge in [-0.3, -0.25) is 0 Å². The molecule has 5 heteroatoms. The summed E-state index contributed by atoms with van der Waals surface area (Å²) >= 11 is 0. The lowest BCUT2D eigenvalue weighted by atomic mass is 10.0. The molecule has 0 atom stereocenters. The van der Waals surface area contributed by atoms with Crippen molar-refractivity contribution in [1.29, 1.82) is 0 Å². The Hall–Kier alpha value is -1.91. The number of carbonyl (C=O) groups is 1. The molecule has 1 aliphatic heterocycles. The zero-order valence-electron chi connectivity index (χ0n) is 9.29. The van der Waals surface area contributed by atoms with Crippen molar-refractivity contribution in [1.82, 2.24) is 0 Å². The fraction of sp³-hybridized carbons (Fsp3) is 0.364. The molecule has 0 fully saturated rings. The first-order valence-electron chi connectivity index (χ1n) is 4.75. The molecule has 1 heterocycles. The van der Waals surface area contributed by atoms with E-state index < -0.39 is 5.97 Å². The highest BCUT2D eigenvalue weighted by Gasteiger charge is 2.33. The van der Waals surface area contributed by atoms with Gasteiger partial charge in [-0.1, -0.05) is 0 Å². The average molecular weight is 224 g/mol. The van der Waals surface area contributed by atoms with E-state index in [-0.39, 0.29) is 23.7 Å². The lowest BCUT2D eigenvalue weighted by Gasteiger charge is -2.14. The Bertz CT molecular complexity index is 464.